The fourth-order valence-corrected chi connectivity index (χ4v) is 3.32. The molecule has 3 N–H and O–H groups in total. The number of carbonyl (C=O) groups excluding carboxylic acids is 2. The molecule has 1 aromatic carbocycles. The number of nitrogens with zero attached hydrogens (tertiary/aromatic N) is 1. The average molecular weight is 420 g/mol. The summed E-state index contributed by atoms with van der Waals surface area (Å²) in [4.78, 5) is 27.6. The molecule has 170 valence electrons. The quantitative estimate of drug-likeness (QED) is 0.383. The summed E-state index contributed by atoms with van der Waals surface area (Å²) in [6.07, 6.45) is 8.05. The minimum absolute atomic E-state index is 0.00381. The number of benzene rings is 1. The zero-order chi connectivity index (χ0) is 22.0. The largest absolute Gasteiger partial charge is 0.445 e. The lowest BCUT2D eigenvalue weighted by atomic mass is 10.1. The van der Waals surface area contributed by atoms with E-state index in [1.807, 2.05) is 35.2 Å². The summed E-state index contributed by atoms with van der Waals surface area (Å²) in [5.74, 6) is -0.00381. The molecule has 2 amide bonds. The number of hydrogen-bond acceptors (Lipinski definition) is 4. The fraction of sp³-hybridized carbons (Fsp3) is 0.667. The Labute approximate surface area is 182 Å². The molecule has 0 saturated heterocycles. The van der Waals surface area contributed by atoms with Crippen LogP contribution in [0.5, 0.6) is 0 Å². The van der Waals surface area contributed by atoms with E-state index in [2.05, 4.69) is 19.2 Å². The maximum absolute atomic E-state index is 13.3. The highest BCUT2D eigenvalue weighted by Crippen LogP contribution is 2.10. The highest BCUT2D eigenvalue weighted by atomic mass is 16.5. The number of ether oxygens (including phenoxy) is 1. The van der Waals surface area contributed by atoms with Crippen molar-refractivity contribution in [2.24, 2.45) is 5.73 Å². The molecule has 0 unspecified atom stereocenters. The number of nitrogens with one attached hydrogen (secondary N) is 1. The number of carbonyl (C=O) groups is 2. The Bertz CT molecular complexity index is 570. The summed E-state index contributed by atoms with van der Waals surface area (Å²) in [5.41, 5.74) is 6.53. The Kier molecular flexibility index (Phi) is 14.4. The molecule has 30 heavy (non-hydrogen) atoms. The smallest absolute Gasteiger partial charge is 0.408 e. The van der Waals surface area contributed by atoms with Crippen LogP contribution in [0.3, 0.4) is 0 Å². The summed E-state index contributed by atoms with van der Waals surface area (Å²) in [6.45, 7) is 6.56. The molecule has 0 radical (unpaired) electrons. The van der Waals surface area contributed by atoms with Crippen LogP contribution in [-0.4, -0.2) is 42.6 Å². The van der Waals surface area contributed by atoms with E-state index in [1.165, 1.54) is 0 Å². The van der Waals surface area contributed by atoms with Gasteiger partial charge in [0.15, 0.2) is 0 Å². The molecule has 6 heteroatoms. The molecule has 0 aliphatic carbocycles. The summed E-state index contributed by atoms with van der Waals surface area (Å²) in [7, 11) is 0. The summed E-state index contributed by atoms with van der Waals surface area (Å²) >= 11 is 0. The van der Waals surface area contributed by atoms with Crippen LogP contribution in [0.2, 0.25) is 0 Å². The van der Waals surface area contributed by atoms with Gasteiger partial charge in [-0.25, -0.2) is 4.79 Å². The van der Waals surface area contributed by atoms with E-state index >= 15 is 0 Å². The number of nitrogens with two attached hydrogens (primary N) is 1. The van der Waals surface area contributed by atoms with Gasteiger partial charge in [-0.3, -0.25) is 4.79 Å². The molecule has 0 aliphatic heterocycles. The van der Waals surface area contributed by atoms with Gasteiger partial charge < -0.3 is 20.7 Å². The van der Waals surface area contributed by atoms with Crippen LogP contribution in [0.1, 0.15) is 77.2 Å². The molecule has 0 aromatic heterocycles. The number of hydrogen-bond donors (Lipinski definition) is 2. The van der Waals surface area contributed by atoms with Gasteiger partial charge in [0, 0.05) is 13.1 Å². The van der Waals surface area contributed by atoms with Crippen LogP contribution >= 0.6 is 0 Å². The van der Waals surface area contributed by atoms with Crippen molar-refractivity contribution in [1.29, 1.82) is 0 Å². The van der Waals surface area contributed by atoms with Crippen molar-refractivity contribution < 1.29 is 14.3 Å². The molecule has 0 bridgehead atoms. The monoisotopic (exact) mass is 419 g/mol. The Morgan fingerprint density at radius 1 is 0.967 bits per heavy atom. The van der Waals surface area contributed by atoms with Crippen molar-refractivity contribution in [3.05, 3.63) is 35.9 Å². The van der Waals surface area contributed by atoms with Crippen LogP contribution in [0.4, 0.5) is 4.79 Å². The highest BCUT2D eigenvalue weighted by Gasteiger charge is 2.25. The molecule has 1 rings (SSSR count). The summed E-state index contributed by atoms with van der Waals surface area (Å²) < 4.78 is 5.35. The van der Waals surface area contributed by atoms with Gasteiger partial charge >= 0.3 is 6.09 Å². The predicted molar refractivity (Wildman–Crippen MR) is 122 cm³/mol. The predicted octanol–water partition coefficient (Wildman–Crippen LogP) is 4.62. The van der Waals surface area contributed by atoms with Gasteiger partial charge in [0.05, 0.1) is 0 Å². The van der Waals surface area contributed by atoms with Gasteiger partial charge in [-0.15, -0.1) is 0 Å². The molecule has 0 aliphatic rings. The topological polar surface area (TPSA) is 84.7 Å². The molecule has 0 heterocycles. The summed E-state index contributed by atoms with van der Waals surface area (Å²) in [6, 6.07) is 8.96. The van der Waals surface area contributed by atoms with Gasteiger partial charge in [-0.2, -0.15) is 0 Å². The highest BCUT2D eigenvalue weighted by molar-refractivity contribution is 5.85. The van der Waals surface area contributed by atoms with Crippen molar-refractivity contribution >= 4 is 12.0 Å². The van der Waals surface area contributed by atoms with Gasteiger partial charge in [-0.05, 0) is 44.2 Å². The molecule has 6 nitrogen and oxygen atoms in total. The van der Waals surface area contributed by atoms with Crippen LogP contribution in [-0.2, 0) is 16.1 Å². The fourth-order valence-electron chi connectivity index (χ4n) is 3.32. The van der Waals surface area contributed by atoms with Crippen molar-refractivity contribution in [3.63, 3.8) is 0 Å². The standard InChI is InChI=1S/C24H41N3O3/c1-3-5-12-18-27(19-13-6-4-2)23(28)22(16-10-11-17-25)26-24(29)30-20-21-14-8-7-9-15-21/h7-9,14-15,22H,3-6,10-13,16-20,25H2,1-2H3,(H,26,29)/t22-/m1/s1. The molecule has 0 fully saturated rings. The molecule has 1 aromatic rings. The Balaban J connectivity index is 2.71. The van der Waals surface area contributed by atoms with Crippen molar-refractivity contribution in [2.75, 3.05) is 19.6 Å². The summed E-state index contributed by atoms with van der Waals surface area (Å²) in [5, 5.41) is 2.81. The first-order valence-electron chi connectivity index (χ1n) is 11.6. The molecule has 0 saturated carbocycles. The maximum atomic E-state index is 13.3. The van der Waals surface area contributed by atoms with Gasteiger partial charge in [0.1, 0.15) is 12.6 Å². The number of rotatable bonds is 16. The molecule has 1 atom stereocenters. The number of amides is 2. The minimum Gasteiger partial charge on any atom is -0.445 e. The second kappa shape index (κ2) is 16.7. The van der Waals surface area contributed by atoms with Crippen LogP contribution < -0.4 is 11.1 Å². The zero-order valence-corrected chi connectivity index (χ0v) is 18.9. The molecular weight excluding hydrogens is 378 g/mol. The van der Waals surface area contributed by atoms with E-state index in [4.69, 9.17) is 10.5 Å². The van der Waals surface area contributed by atoms with Crippen molar-refractivity contribution in [1.82, 2.24) is 10.2 Å². The Morgan fingerprint density at radius 2 is 1.60 bits per heavy atom. The normalized spacial score (nSPS) is 11.7. The van der Waals surface area contributed by atoms with Crippen LogP contribution in [0, 0.1) is 0 Å². The lowest BCUT2D eigenvalue weighted by Gasteiger charge is -2.28. The van der Waals surface area contributed by atoms with E-state index in [0.29, 0.717) is 13.0 Å². The second-order valence-electron chi connectivity index (χ2n) is 7.78. The number of alkyl carbamates (subject to hydrolysis) is 1. The first kappa shape index (κ1) is 26.0. The van der Waals surface area contributed by atoms with E-state index in [1.54, 1.807) is 0 Å². The number of unbranched alkanes of at least 4 members (excludes halogenated alkanes) is 5. The zero-order valence-electron chi connectivity index (χ0n) is 18.9. The SMILES string of the molecule is CCCCCN(CCCCC)C(=O)[C@@H](CCCCN)NC(=O)OCc1ccccc1. The van der Waals surface area contributed by atoms with E-state index in [-0.39, 0.29) is 12.5 Å². The minimum atomic E-state index is -0.567. The van der Waals surface area contributed by atoms with Gasteiger partial charge in [0.2, 0.25) is 5.91 Å². The average Bonchev–Trinajstić information content (AvgIpc) is 2.76. The third-order valence-corrected chi connectivity index (χ3v) is 5.12. The third kappa shape index (κ3) is 11.2. The van der Waals surface area contributed by atoms with E-state index in [0.717, 1.165) is 70.0 Å². The van der Waals surface area contributed by atoms with Crippen molar-refractivity contribution in [3.8, 4) is 0 Å². The van der Waals surface area contributed by atoms with Crippen LogP contribution in [0.25, 0.3) is 0 Å². The Morgan fingerprint density at radius 3 is 2.17 bits per heavy atom. The second-order valence-corrected chi connectivity index (χ2v) is 7.78. The van der Waals surface area contributed by atoms with E-state index < -0.39 is 12.1 Å². The van der Waals surface area contributed by atoms with Crippen molar-refractivity contribution in [2.45, 2.75) is 84.3 Å². The molecule has 0 spiro atoms. The molecular formula is C24H41N3O3. The maximum Gasteiger partial charge on any atom is 0.408 e. The van der Waals surface area contributed by atoms with E-state index in [9.17, 15) is 9.59 Å². The first-order valence-corrected chi connectivity index (χ1v) is 11.6. The lowest BCUT2D eigenvalue weighted by molar-refractivity contribution is -0.133. The third-order valence-electron chi connectivity index (χ3n) is 5.12. The van der Waals surface area contributed by atoms with Gasteiger partial charge in [0.25, 0.3) is 0 Å². The Hall–Kier alpha value is -2.08. The van der Waals surface area contributed by atoms with Gasteiger partial charge in [-0.1, -0.05) is 69.9 Å². The van der Waals surface area contributed by atoms with Crippen LogP contribution in [0.15, 0.2) is 30.3 Å². The first-order chi connectivity index (χ1) is 14.6. The lowest BCUT2D eigenvalue weighted by Crippen LogP contribution is -2.49.